The molecule has 0 fully saturated rings. The number of carboxylic acids is 2. The van der Waals surface area contributed by atoms with Crippen molar-refractivity contribution in [1.29, 1.82) is 0 Å². The van der Waals surface area contributed by atoms with E-state index in [1.807, 2.05) is 30.4 Å². The lowest BCUT2D eigenvalue weighted by molar-refractivity contribution is 0.0686. The molecule has 0 spiro atoms. The Balaban J connectivity index is 1.75. The van der Waals surface area contributed by atoms with Crippen LogP contribution in [-0.2, 0) is 0 Å². The summed E-state index contributed by atoms with van der Waals surface area (Å²) in [6.45, 7) is 0. The summed E-state index contributed by atoms with van der Waals surface area (Å²) in [5, 5.41) is 18.8. The predicted molar refractivity (Wildman–Crippen MR) is 118 cm³/mol. The molecule has 8 heteroatoms. The van der Waals surface area contributed by atoms with Crippen LogP contribution >= 0.6 is 0 Å². The SMILES string of the molecule is O=C(O)c1ccnc(-c2cc(C(=O)O)cc(-c3cc(/C=C/c4cccnc4)ccn3)n2)c1. The lowest BCUT2D eigenvalue weighted by Gasteiger charge is -2.08. The summed E-state index contributed by atoms with van der Waals surface area (Å²) in [4.78, 5) is 40.0. The molecule has 0 radical (unpaired) electrons. The molecule has 0 bridgehead atoms. The van der Waals surface area contributed by atoms with Crippen LogP contribution in [0.25, 0.3) is 34.9 Å². The van der Waals surface area contributed by atoms with Crippen molar-refractivity contribution in [1.82, 2.24) is 19.9 Å². The van der Waals surface area contributed by atoms with E-state index < -0.39 is 11.9 Å². The quantitative estimate of drug-likeness (QED) is 0.472. The first kappa shape index (κ1) is 20.5. The Morgan fingerprint density at radius 1 is 0.688 bits per heavy atom. The molecular weight excluding hydrogens is 408 g/mol. The lowest BCUT2D eigenvalue weighted by atomic mass is 10.1. The van der Waals surface area contributed by atoms with E-state index >= 15 is 0 Å². The normalized spacial score (nSPS) is 10.9. The molecule has 0 unspecified atom stereocenters. The molecule has 8 nitrogen and oxygen atoms in total. The number of aromatic nitrogens is 4. The third-order valence-electron chi connectivity index (χ3n) is 4.54. The summed E-state index contributed by atoms with van der Waals surface area (Å²) in [5.74, 6) is -2.25. The molecule has 0 aliphatic carbocycles. The molecule has 0 atom stereocenters. The van der Waals surface area contributed by atoms with E-state index in [2.05, 4.69) is 19.9 Å². The standard InChI is InChI=1S/C24H16N4O4/c29-23(30)17-6-9-27-20(11-17)22-13-18(24(31)32)12-21(28-22)19-10-15(5-8-26-19)3-4-16-2-1-7-25-14-16/h1-14H,(H,29,30)(H,31,32)/b4-3+. The van der Waals surface area contributed by atoms with Gasteiger partial charge in [-0.2, -0.15) is 0 Å². The second-order valence-electron chi connectivity index (χ2n) is 6.76. The van der Waals surface area contributed by atoms with E-state index in [9.17, 15) is 19.8 Å². The van der Waals surface area contributed by atoms with E-state index in [0.717, 1.165) is 11.1 Å². The summed E-state index contributed by atoms with van der Waals surface area (Å²) < 4.78 is 0. The topological polar surface area (TPSA) is 126 Å². The van der Waals surface area contributed by atoms with Crippen molar-refractivity contribution >= 4 is 24.1 Å². The highest BCUT2D eigenvalue weighted by molar-refractivity contribution is 5.91. The molecule has 0 saturated heterocycles. The van der Waals surface area contributed by atoms with Gasteiger partial charge in [0, 0.05) is 24.8 Å². The maximum atomic E-state index is 11.7. The number of pyridine rings is 4. The van der Waals surface area contributed by atoms with Crippen molar-refractivity contribution in [2.24, 2.45) is 0 Å². The Kier molecular flexibility index (Phi) is 5.76. The zero-order valence-corrected chi connectivity index (χ0v) is 16.6. The molecule has 4 heterocycles. The van der Waals surface area contributed by atoms with Crippen LogP contribution in [0.5, 0.6) is 0 Å². The molecule has 0 aliphatic heterocycles. The molecule has 0 aromatic carbocycles. The Labute approximate surface area is 182 Å². The van der Waals surface area contributed by atoms with Gasteiger partial charge in [0.15, 0.2) is 0 Å². The van der Waals surface area contributed by atoms with E-state index in [1.54, 1.807) is 24.7 Å². The van der Waals surface area contributed by atoms with Gasteiger partial charge < -0.3 is 10.2 Å². The monoisotopic (exact) mass is 424 g/mol. The molecule has 32 heavy (non-hydrogen) atoms. The number of carbonyl (C=O) groups is 2. The van der Waals surface area contributed by atoms with Crippen molar-refractivity contribution < 1.29 is 19.8 Å². The maximum Gasteiger partial charge on any atom is 0.335 e. The van der Waals surface area contributed by atoms with Gasteiger partial charge in [0.2, 0.25) is 0 Å². The Morgan fingerprint density at radius 2 is 1.31 bits per heavy atom. The van der Waals surface area contributed by atoms with Gasteiger partial charge in [-0.15, -0.1) is 0 Å². The second-order valence-corrected chi connectivity index (χ2v) is 6.76. The molecule has 4 aromatic rings. The Morgan fingerprint density at radius 3 is 1.97 bits per heavy atom. The molecule has 0 saturated carbocycles. The van der Waals surface area contributed by atoms with Crippen LogP contribution < -0.4 is 0 Å². The van der Waals surface area contributed by atoms with Gasteiger partial charge in [-0.1, -0.05) is 18.2 Å². The van der Waals surface area contributed by atoms with Crippen molar-refractivity contribution in [3.8, 4) is 22.8 Å². The minimum Gasteiger partial charge on any atom is -0.478 e. The highest BCUT2D eigenvalue weighted by atomic mass is 16.4. The Hall–Kier alpha value is -4.72. The predicted octanol–water partition coefficient (Wildman–Crippen LogP) is 4.17. The van der Waals surface area contributed by atoms with Gasteiger partial charge in [-0.3, -0.25) is 15.0 Å². The minimum absolute atomic E-state index is 0.00867. The first-order chi connectivity index (χ1) is 15.5. The number of rotatable bonds is 6. The van der Waals surface area contributed by atoms with Crippen LogP contribution in [0, 0.1) is 0 Å². The summed E-state index contributed by atoms with van der Waals surface area (Å²) in [5.41, 5.74) is 3.09. The first-order valence-corrected chi connectivity index (χ1v) is 9.49. The van der Waals surface area contributed by atoms with Crippen LogP contribution in [-0.4, -0.2) is 42.1 Å². The summed E-state index contributed by atoms with van der Waals surface area (Å²) >= 11 is 0. The van der Waals surface area contributed by atoms with Gasteiger partial charge in [0.05, 0.1) is 33.9 Å². The average molecular weight is 424 g/mol. The van der Waals surface area contributed by atoms with Crippen molar-refractivity contribution in [2.45, 2.75) is 0 Å². The van der Waals surface area contributed by atoms with Gasteiger partial charge >= 0.3 is 11.9 Å². The third-order valence-corrected chi connectivity index (χ3v) is 4.54. The van der Waals surface area contributed by atoms with E-state index in [1.165, 1.54) is 30.5 Å². The molecule has 0 aliphatic rings. The second kappa shape index (κ2) is 8.97. The van der Waals surface area contributed by atoms with Crippen LogP contribution in [0.1, 0.15) is 31.8 Å². The molecule has 4 rings (SSSR count). The number of nitrogens with zero attached hydrogens (tertiary/aromatic N) is 4. The summed E-state index contributed by atoms with van der Waals surface area (Å²) in [6.07, 6.45) is 10.2. The lowest BCUT2D eigenvalue weighted by Crippen LogP contribution is -2.02. The smallest absolute Gasteiger partial charge is 0.335 e. The number of carboxylic acid groups (broad SMARTS) is 2. The molecule has 2 N–H and O–H groups in total. The van der Waals surface area contributed by atoms with Crippen molar-refractivity contribution in [3.63, 3.8) is 0 Å². The highest BCUT2D eigenvalue weighted by Gasteiger charge is 2.14. The third kappa shape index (κ3) is 4.71. The first-order valence-electron chi connectivity index (χ1n) is 9.49. The number of hydrogen-bond donors (Lipinski definition) is 2. The molecular formula is C24H16N4O4. The molecule has 4 aromatic heterocycles. The zero-order chi connectivity index (χ0) is 22.5. The van der Waals surface area contributed by atoms with Crippen LogP contribution in [0.4, 0.5) is 0 Å². The molecule has 156 valence electrons. The minimum atomic E-state index is -1.14. The largest absolute Gasteiger partial charge is 0.478 e. The highest BCUT2D eigenvalue weighted by Crippen LogP contribution is 2.24. The van der Waals surface area contributed by atoms with Gasteiger partial charge in [0.25, 0.3) is 0 Å². The Bertz CT molecular complexity index is 1340. The van der Waals surface area contributed by atoms with Crippen molar-refractivity contribution in [3.05, 3.63) is 95.6 Å². The van der Waals surface area contributed by atoms with Gasteiger partial charge in [-0.05, 0) is 53.6 Å². The van der Waals surface area contributed by atoms with E-state index in [-0.39, 0.29) is 22.5 Å². The van der Waals surface area contributed by atoms with Crippen LogP contribution in [0.3, 0.4) is 0 Å². The van der Waals surface area contributed by atoms with E-state index in [4.69, 9.17) is 0 Å². The maximum absolute atomic E-state index is 11.7. The summed E-state index contributed by atoms with van der Waals surface area (Å²) in [6, 6.07) is 12.8. The number of hydrogen-bond acceptors (Lipinski definition) is 6. The van der Waals surface area contributed by atoms with E-state index in [0.29, 0.717) is 11.4 Å². The van der Waals surface area contributed by atoms with Gasteiger partial charge in [0.1, 0.15) is 0 Å². The zero-order valence-electron chi connectivity index (χ0n) is 16.6. The fraction of sp³-hybridized carbons (Fsp3) is 0. The van der Waals surface area contributed by atoms with Gasteiger partial charge in [-0.25, -0.2) is 14.6 Å². The van der Waals surface area contributed by atoms with Crippen LogP contribution in [0.2, 0.25) is 0 Å². The number of aromatic carboxylic acids is 2. The molecule has 0 amide bonds. The van der Waals surface area contributed by atoms with Crippen molar-refractivity contribution in [2.75, 3.05) is 0 Å². The fourth-order valence-electron chi connectivity index (χ4n) is 2.98. The summed E-state index contributed by atoms with van der Waals surface area (Å²) in [7, 11) is 0. The fourth-order valence-corrected chi connectivity index (χ4v) is 2.98. The average Bonchev–Trinajstić information content (AvgIpc) is 2.83. The van der Waals surface area contributed by atoms with Crippen LogP contribution in [0.15, 0.2) is 73.3 Å².